The molecule has 0 saturated carbocycles. The molecule has 1 N–H and O–H groups in total. The Hall–Kier alpha value is -0.800. The first-order chi connectivity index (χ1) is 6.85. The first-order valence-corrected chi connectivity index (χ1v) is 4.80. The molecule has 0 radical (unpaired) electrons. The summed E-state index contributed by atoms with van der Waals surface area (Å²) in [5, 5.41) is 8.66. The number of alkyl halides is 3. The number of nitriles is 1. The predicted molar refractivity (Wildman–Crippen MR) is 49.0 cm³/mol. The third kappa shape index (κ3) is 4.06. The second-order valence-corrected chi connectivity index (χ2v) is 3.90. The number of hydrogen-bond acceptors (Lipinski definition) is 2. The van der Waals surface area contributed by atoms with Crippen LogP contribution in [0.4, 0.5) is 13.2 Å². The van der Waals surface area contributed by atoms with E-state index in [0.29, 0.717) is 25.9 Å². The highest BCUT2D eigenvalue weighted by Gasteiger charge is 2.30. The summed E-state index contributed by atoms with van der Waals surface area (Å²) in [5.74, 6) is 0. The third-order valence-electron chi connectivity index (χ3n) is 2.64. The number of nitrogens with zero attached hydrogens (tertiary/aromatic N) is 2. The van der Waals surface area contributed by atoms with Crippen molar-refractivity contribution in [1.82, 2.24) is 4.90 Å². The van der Waals surface area contributed by atoms with Crippen molar-refractivity contribution < 1.29 is 13.2 Å². The Kier molecular flexibility index (Phi) is 3.58. The molecule has 1 fully saturated rings. The van der Waals surface area contributed by atoms with Crippen LogP contribution in [-0.2, 0) is 0 Å². The predicted octanol–water partition coefficient (Wildman–Crippen LogP) is 2.35. The van der Waals surface area contributed by atoms with Gasteiger partial charge in [0.05, 0.1) is 6.42 Å². The van der Waals surface area contributed by atoms with Gasteiger partial charge in [-0.2, -0.15) is 18.4 Å². The molecule has 1 aliphatic rings. The van der Waals surface area contributed by atoms with Crippen molar-refractivity contribution in [3.63, 3.8) is 0 Å². The molecule has 6 heteroatoms. The molecule has 0 aliphatic carbocycles. The van der Waals surface area contributed by atoms with Gasteiger partial charge in [0.1, 0.15) is 0 Å². The Bertz CT molecular complexity index is 248. The van der Waals surface area contributed by atoms with Gasteiger partial charge in [-0.05, 0) is 31.5 Å². The molecule has 0 bridgehead atoms. The molecule has 0 aromatic rings. The summed E-state index contributed by atoms with van der Waals surface area (Å²) in [6, 6.07) is 1.89. The van der Waals surface area contributed by atoms with Gasteiger partial charge in [0.25, 0.3) is 0 Å². The summed E-state index contributed by atoms with van der Waals surface area (Å²) in [6.45, 7) is 0.797. The number of hydrogen-bond donors (Lipinski definition) is 0. The maximum Gasteiger partial charge on any atom is 0.390 e. The van der Waals surface area contributed by atoms with E-state index in [0.717, 1.165) is 0 Å². The fourth-order valence-corrected chi connectivity index (χ4v) is 1.56. The summed E-state index contributed by atoms with van der Waals surface area (Å²) in [6.07, 6.45) is -4.27. The van der Waals surface area contributed by atoms with Crippen LogP contribution in [0.25, 0.3) is 5.73 Å². The van der Waals surface area contributed by atoms with Gasteiger partial charge in [0, 0.05) is 12.6 Å². The summed E-state index contributed by atoms with van der Waals surface area (Å²) in [7, 11) is 0. The third-order valence-corrected chi connectivity index (χ3v) is 2.64. The molecule has 15 heavy (non-hydrogen) atoms. The fourth-order valence-electron chi connectivity index (χ4n) is 1.56. The van der Waals surface area contributed by atoms with Crippen molar-refractivity contribution in [3.05, 3.63) is 5.73 Å². The standard InChI is InChI=1S/C9H13F3N3/c10-9(11,12)3-6-15-4-1-8(14,7-13)2-5-15/h14H,1-6H2/q-1. The van der Waals surface area contributed by atoms with Crippen LogP contribution in [0.15, 0.2) is 0 Å². The van der Waals surface area contributed by atoms with E-state index >= 15 is 0 Å². The Morgan fingerprint density at radius 2 is 1.87 bits per heavy atom. The largest absolute Gasteiger partial charge is 0.660 e. The van der Waals surface area contributed by atoms with Gasteiger partial charge in [-0.15, -0.1) is 0 Å². The van der Waals surface area contributed by atoms with Gasteiger partial charge < -0.3 is 10.6 Å². The van der Waals surface area contributed by atoms with Gasteiger partial charge in [0.15, 0.2) is 0 Å². The number of piperidine rings is 1. The van der Waals surface area contributed by atoms with E-state index < -0.39 is 18.1 Å². The highest BCUT2D eigenvalue weighted by Crippen LogP contribution is 2.26. The minimum atomic E-state index is -4.12. The lowest BCUT2D eigenvalue weighted by Gasteiger charge is -2.40. The molecule has 0 aromatic heterocycles. The molecule has 1 saturated heterocycles. The molecule has 1 rings (SSSR count). The number of nitrogens with one attached hydrogen (secondary N) is 1. The van der Waals surface area contributed by atoms with Crippen molar-refractivity contribution in [1.29, 1.82) is 5.26 Å². The SMILES string of the molecule is N#CC1([NH-])CCN(CCC(F)(F)F)CC1. The van der Waals surface area contributed by atoms with Crippen molar-refractivity contribution in [2.45, 2.75) is 31.0 Å². The fraction of sp³-hybridized carbons (Fsp3) is 0.889. The second-order valence-electron chi connectivity index (χ2n) is 3.90. The van der Waals surface area contributed by atoms with Gasteiger partial charge in [-0.3, -0.25) is 0 Å². The van der Waals surface area contributed by atoms with Crippen LogP contribution < -0.4 is 0 Å². The molecule has 0 spiro atoms. The van der Waals surface area contributed by atoms with Gasteiger partial charge in [-0.25, -0.2) is 0 Å². The van der Waals surface area contributed by atoms with Crippen LogP contribution >= 0.6 is 0 Å². The molecule has 0 aromatic carbocycles. The van der Waals surface area contributed by atoms with Crippen molar-refractivity contribution >= 4 is 0 Å². The Morgan fingerprint density at radius 1 is 1.33 bits per heavy atom. The summed E-state index contributed by atoms with van der Waals surface area (Å²) in [4.78, 5) is 1.66. The van der Waals surface area contributed by atoms with Crippen molar-refractivity contribution in [3.8, 4) is 6.07 Å². The zero-order valence-electron chi connectivity index (χ0n) is 8.27. The molecule has 1 heterocycles. The van der Waals surface area contributed by atoms with E-state index in [2.05, 4.69) is 0 Å². The van der Waals surface area contributed by atoms with Gasteiger partial charge >= 0.3 is 6.18 Å². The molecule has 1 aliphatic heterocycles. The Labute approximate surface area is 86.6 Å². The average Bonchev–Trinajstić information content (AvgIpc) is 2.16. The Balaban J connectivity index is 2.30. The second kappa shape index (κ2) is 4.37. The zero-order chi connectivity index (χ0) is 11.5. The van der Waals surface area contributed by atoms with E-state index in [1.807, 2.05) is 6.07 Å². The van der Waals surface area contributed by atoms with Crippen LogP contribution in [0.3, 0.4) is 0 Å². The lowest BCUT2D eigenvalue weighted by atomic mass is 9.90. The Morgan fingerprint density at radius 3 is 2.27 bits per heavy atom. The minimum Gasteiger partial charge on any atom is -0.660 e. The van der Waals surface area contributed by atoms with Crippen LogP contribution in [0.2, 0.25) is 0 Å². The highest BCUT2D eigenvalue weighted by atomic mass is 19.4. The summed E-state index contributed by atoms with van der Waals surface area (Å²) < 4.78 is 35.7. The zero-order valence-corrected chi connectivity index (χ0v) is 8.27. The maximum atomic E-state index is 11.9. The minimum absolute atomic E-state index is 0.0228. The highest BCUT2D eigenvalue weighted by molar-refractivity contribution is 5.14. The molecule has 86 valence electrons. The van der Waals surface area contributed by atoms with Crippen LogP contribution in [0, 0.1) is 11.3 Å². The van der Waals surface area contributed by atoms with Crippen molar-refractivity contribution in [2.75, 3.05) is 19.6 Å². The molecule has 3 nitrogen and oxygen atoms in total. The number of rotatable bonds is 2. The average molecular weight is 220 g/mol. The van der Waals surface area contributed by atoms with E-state index in [4.69, 9.17) is 11.0 Å². The number of halogens is 3. The first kappa shape index (κ1) is 12.3. The molecule has 0 amide bonds. The van der Waals surface area contributed by atoms with E-state index in [1.54, 1.807) is 4.90 Å². The van der Waals surface area contributed by atoms with Gasteiger partial charge in [-0.1, -0.05) is 0 Å². The van der Waals surface area contributed by atoms with E-state index in [9.17, 15) is 13.2 Å². The van der Waals surface area contributed by atoms with Crippen LogP contribution in [0.5, 0.6) is 0 Å². The monoisotopic (exact) mass is 220 g/mol. The first-order valence-electron chi connectivity index (χ1n) is 4.80. The topological polar surface area (TPSA) is 50.8 Å². The van der Waals surface area contributed by atoms with E-state index in [-0.39, 0.29) is 6.54 Å². The molecular formula is C9H13F3N3-. The normalized spacial score (nSPS) is 22.3. The number of likely N-dealkylation sites (tertiary alicyclic amines) is 1. The van der Waals surface area contributed by atoms with Gasteiger partial charge in [0.2, 0.25) is 0 Å². The maximum absolute atomic E-state index is 11.9. The summed E-state index contributed by atoms with van der Waals surface area (Å²) >= 11 is 0. The molecule has 0 atom stereocenters. The lowest BCUT2D eigenvalue weighted by molar-refractivity contribution is -0.138. The van der Waals surface area contributed by atoms with Crippen molar-refractivity contribution in [2.24, 2.45) is 0 Å². The van der Waals surface area contributed by atoms with Crippen LogP contribution in [0.1, 0.15) is 19.3 Å². The quantitative estimate of drug-likeness (QED) is 0.717. The van der Waals surface area contributed by atoms with Crippen LogP contribution in [-0.4, -0.2) is 36.2 Å². The molecule has 0 unspecified atom stereocenters. The lowest BCUT2D eigenvalue weighted by Crippen LogP contribution is -2.42. The summed E-state index contributed by atoms with van der Waals surface area (Å²) in [5.41, 5.74) is 6.52. The van der Waals surface area contributed by atoms with E-state index in [1.165, 1.54) is 0 Å². The smallest absolute Gasteiger partial charge is 0.390 e. The molecular weight excluding hydrogens is 207 g/mol.